The van der Waals surface area contributed by atoms with Crippen molar-refractivity contribution in [1.29, 1.82) is 0 Å². The third-order valence-corrected chi connectivity index (χ3v) is 24.7. The fourth-order valence-electron chi connectivity index (χ4n) is 16.1. The first-order valence-electron chi connectivity index (χ1n) is 44.8. The standard InChI is InChI=1S/C28H30BrF3N4O2.C27H28BrF3N4O2.C24H22ClFN4O3.C23H21FN4O2/c29-19-11-18(12-20(31)14-19)24(3-1-2-10-30)36-28(38)22-9-6-17(13-23(22)32)26-27(33)34-15-25(35-26)16-4-7-21(37)8-5-16;28-19-11-18(12-20(30)14-19)23(3-1-2-8-29)35-27(36)21-5-4-17(13-22(21)31)25-26(32)33-15-24(34-25)16-6-9-37-10-7-16;25-17-3-1-2-15(10-17)21(13-31)30-24(32)18-5-4-16(11-19(18)26)22-23(27)28-12-20(29-22)14-6-8-33-9-7-14;24-19-12-17(6-7-18(19)23(29)27-13-15-4-2-1-3-5-15)21-22(25)26-14-20(28-21)16-8-10-30-11-9-16/h6,9,11-16,21,24,37H,1-5,7-8,10H2,(H2,33,34)(H,36,38);4-5,11-16,23H,1-3,6-10H2,(H2,32,33)(H,35,36);1-6,10-12,21,31H,7-9,13H2,(H2,27,28)(H,30,32);1-8,12,14H,9-11,13H2,(H2,25,26)(H,27,29)/t16?,21?,24-;23-;21-;/m111./s1. The first-order chi connectivity index (χ1) is 66.7. The van der Waals surface area contributed by atoms with Gasteiger partial charge in [0.2, 0.25) is 0 Å². The third-order valence-electron chi connectivity index (χ3n) is 23.5. The summed E-state index contributed by atoms with van der Waals surface area (Å²) < 4.78 is 130. The van der Waals surface area contributed by atoms with Gasteiger partial charge < -0.3 is 68.6 Å². The number of carbonyl (C=O) groups is 4. The molecule has 25 nitrogen and oxygen atoms in total. The van der Waals surface area contributed by atoms with Gasteiger partial charge in [-0.3, -0.25) is 28.0 Å². The van der Waals surface area contributed by atoms with E-state index in [1.807, 2.05) is 42.5 Å². The van der Waals surface area contributed by atoms with E-state index in [1.165, 1.54) is 72.8 Å². The average Bonchev–Trinajstić information content (AvgIpc) is 0.810. The summed E-state index contributed by atoms with van der Waals surface area (Å²) in [5.41, 5.74) is 34.0. The van der Waals surface area contributed by atoms with E-state index >= 15 is 8.78 Å². The number of hydrogen-bond acceptors (Lipinski definition) is 21. The second-order valence-corrected chi connectivity index (χ2v) is 35.3. The largest absolute Gasteiger partial charge is 0.394 e. The molecule has 14 N–H and O–H groups in total. The Balaban J connectivity index is 0.000000156. The minimum atomic E-state index is -0.768. The number of aliphatic hydroxyl groups is 2. The summed E-state index contributed by atoms with van der Waals surface area (Å²) in [7, 11) is 0. The molecular formula is C102H101Br2ClF8N16O9. The molecule has 16 rings (SSSR count). The van der Waals surface area contributed by atoms with E-state index in [0.717, 1.165) is 60.2 Å². The number of unbranched alkanes of at least 4 members (excludes halogenated alkanes) is 2. The van der Waals surface area contributed by atoms with Crippen molar-refractivity contribution in [2.45, 2.75) is 133 Å². The minimum Gasteiger partial charge on any atom is -0.394 e. The van der Waals surface area contributed by atoms with Gasteiger partial charge in [-0.25, -0.2) is 66.2 Å². The molecular weight excluding hydrogens is 1940 g/mol. The summed E-state index contributed by atoms with van der Waals surface area (Å²) in [5, 5.41) is 30.8. The molecule has 4 amide bonds. The highest BCUT2D eigenvalue weighted by molar-refractivity contribution is 9.10. The van der Waals surface area contributed by atoms with Gasteiger partial charge in [0, 0.05) is 67.8 Å². The molecule has 1 saturated heterocycles. The summed E-state index contributed by atoms with van der Waals surface area (Å²) >= 11 is 12.5. The second kappa shape index (κ2) is 49.9. The predicted molar refractivity (Wildman–Crippen MR) is 519 cm³/mol. The predicted octanol–water partition coefficient (Wildman–Crippen LogP) is 20.1. The number of aromatic nitrogens is 8. The third kappa shape index (κ3) is 28.0. The topological polar surface area (TPSA) is 392 Å². The van der Waals surface area contributed by atoms with Gasteiger partial charge in [0.05, 0.1) is 140 Å². The number of alkyl halides is 2. The maximum atomic E-state index is 15.2. The smallest absolute Gasteiger partial charge is 0.254 e. The SMILES string of the molecule is Nc1ncc(C2=CCOCC2)nc1-c1ccc(C(=O)NCc2ccccc2)c(F)c1.Nc1ncc(C2=CCOCC2)nc1-c1ccc(C(=O)N[C@H](CO)c2cccc(Cl)c2)c(F)c1.Nc1ncc(C2CCC(O)CC2)nc1-c1ccc(C(=O)N[C@H](CCCCF)c2cc(F)cc(Br)c2)c(F)c1.Nc1ncc(C2CCOCC2)nc1-c1ccc(C(=O)N[C@H](CCCCF)c2cc(F)cc(Br)c2)c(F)c1. The van der Waals surface area contributed by atoms with Crippen LogP contribution in [0.25, 0.3) is 56.2 Å². The molecule has 0 bridgehead atoms. The van der Waals surface area contributed by atoms with Crippen LogP contribution < -0.4 is 44.2 Å². The van der Waals surface area contributed by atoms with E-state index in [2.05, 4.69) is 93.0 Å². The summed E-state index contributed by atoms with van der Waals surface area (Å²) in [6.07, 6.45) is 18.3. The monoisotopic (exact) mass is 2040 g/mol. The maximum Gasteiger partial charge on any atom is 0.254 e. The summed E-state index contributed by atoms with van der Waals surface area (Å²) in [5.74, 6) is -5.37. The molecule has 3 aliphatic heterocycles. The van der Waals surface area contributed by atoms with Crippen molar-refractivity contribution in [1.82, 2.24) is 61.1 Å². The van der Waals surface area contributed by atoms with Crippen LogP contribution in [-0.2, 0) is 20.8 Å². The first kappa shape index (κ1) is 103. The Morgan fingerprint density at radius 1 is 0.435 bits per heavy atom. The Labute approximate surface area is 813 Å². The van der Waals surface area contributed by atoms with E-state index in [1.54, 1.807) is 85.5 Å². The van der Waals surface area contributed by atoms with Crippen LogP contribution in [0.1, 0.15) is 206 Å². The van der Waals surface area contributed by atoms with Gasteiger partial charge >= 0.3 is 0 Å². The molecule has 0 unspecified atom stereocenters. The normalized spacial score (nSPS) is 15.4. The zero-order valence-electron chi connectivity index (χ0n) is 74.8. The highest BCUT2D eigenvalue weighted by atomic mass is 79.9. The first-order valence-corrected chi connectivity index (χ1v) is 46.8. The van der Waals surface area contributed by atoms with Crippen molar-refractivity contribution in [2.75, 3.05) is 82.5 Å². The van der Waals surface area contributed by atoms with Crippen LogP contribution >= 0.6 is 43.5 Å². The van der Waals surface area contributed by atoms with E-state index in [4.69, 9.17) is 48.7 Å². The van der Waals surface area contributed by atoms with Crippen molar-refractivity contribution in [2.24, 2.45) is 0 Å². The van der Waals surface area contributed by atoms with Crippen molar-refractivity contribution in [3.8, 4) is 45.0 Å². The van der Waals surface area contributed by atoms with Crippen molar-refractivity contribution in [3.05, 3.63) is 317 Å². The van der Waals surface area contributed by atoms with Gasteiger partial charge in [-0.1, -0.05) is 122 Å². The number of nitrogens with one attached hydrogen (secondary N) is 4. The lowest BCUT2D eigenvalue weighted by Gasteiger charge is -2.25. The Hall–Kier alpha value is -12.9. The van der Waals surface area contributed by atoms with Crippen molar-refractivity contribution in [3.63, 3.8) is 0 Å². The number of halogens is 11. The Morgan fingerprint density at radius 2 is 0.841 bits per heavy atom. The zero-order valence-corrected chi connectivity index (χ0v) is 78.7. The molecule has 1 aliphatic carbocycles. The van der Waals surface area contributed by atoms with Gasteiger partial charge in [0.15, 0.2) is 0 Å². The molecule has 3 atom stereocenters. The molecule has 0 spiro atoms. The number of aliphatic hydroxyl groups excluding tert-OH is 2. The number of hydrogen-bond donors (Lipinski definition) is 10. The van der Waals surface area contributed by atoms with E-state index < -0.39 is 90.0 Å². The maximum absolute atomic E-state index is 15.2. The van der Waals surface area contributed by atoms with Gasteiger partial charge in [-0.05, 0) is 220 Å². The molecule has 1 saturated carbocycles. The van der Waals surface area contributed by atoms with Gasteiger partial charge in [-0.2, -0.15) is 0 Å². The van der Waals surface area contributed by atoms with Crippen molar-refractivity contribution < 1.29 is 78.7 Å². The van der Waals surface area contributed by atoms with E-state index in [9.17, 15) is 55.7 Å². The number of carbonyl (C=O) groups excluding carboxylic acids is 4. The van der Waals surface area contributed by atoms with Crippen molar-refractivity contribution >= 4 is 102 Å². The summed E-state index contributed by atoms with van der Waals surface area (Å²) in [6.45, 7) is 2.48. The molecule has 8 aromatic carbocycles. The minimum absolute atomic E-state index is 0.0375. The molecule has 2 fully saturated rings. The lowest BCUT2D eigenvalue weighted by molar-refractivity contribution is 0.0844. The van der Waals surface area contributed by atoms with Crippen LogP contribution in [0.3, 0.4) is 0 Å². The molecule has 720 valence electrons. The number of ether oxygens (including phenoxy) is 3. The second-order valence-electron chi connectivity index (χ2n) is 33.1. The average molecular weight is 2040 g/mol. The van der Waals surface area contributed by atoms with E-state index in [-0.39, 0.29) is 70.1 Å². The Bertz CT molecular complexity index is 6330. The highest BCUT2D eigenvalue weighted by Crippen LogP contribution is 2.38. The van der Waals surface area contributed by atoms with Crippen LogP contribution in [-0.4, -0.2) is 139 Å². The molecule has 4 aliphatic rings. The lowest BCUT2D eigenvalue weighted by Crippen LogP contribution is -2.31. The molecule has 12 aromatic rings. The fraction of sp³-hybridized carbons (Fsp3) is 0.294. The van der Waals surface area contributed by atoms with Gasteiger partial charge in [0.25, 0.3) is 23.6 Å². The number of nitrogens with two attached hydrogens (primary N) is 4. The van der Waals surface area contributed by atoms with Crippen LogP contribution in [0.15, 0.2) is 210 Å². The molecule has 138 heavy (non-hydrogen) atoms. The molecule has 0 radical (unpaired) electrons. The number of benzene rings is 8. The highest BCUT2D eigenvalue weighted by Gasteiger charge is 2.30. The quantitative estimate of drug-likeness (QED) is 0.0154. The summed E-state index contributed by atoms with van der Waals surface area (Å²) in [6, 6.07) is 39.4. The number of nitrogens with zero attached hydrogens (tertiary/aromatic N) is 8. The lowest BCUT2D eigenvalue weighted by atomic mass is 9.85. The molecule has 7 heterocycles. The summed E-state index contributed by atoms with van der Waals surface area (Å²) in [4.78, 5) is 86.5. The van der Waals surface area contributed by atoms with E-state index in [0.29, 0.717) is 191 Å². The Kier molecular flexibility index (Phi) is 37.1. The molecule has 36 heteroatoms. The fourth-order valence-corrected chi connectivity index (χ4v) is 17.2. The van der Waals surface area contributed by atoms with Crippen LogP contribution in [0, 0.1) is 34.9 Å². The number of anilines is 4. The number of rotatable bonds is 29. The van der Waals surface area contributed by atoms with Crippen LogP contribution in [0.5, 0.6) is 0 Å². The van der Waals surface area contributed by atoms with Gasteiger partial charge in [-0.15, -0.1) is 0 Å². The van der Waals surface area contributed by atoms with Crippen LogP contribution in [0.4, 0.5) is 58.4 Å². The van der Waals surface area contributed by atoms with Crippen LogP contribution in [0.2, 0.25) is 5.02 Å². The zero-order chi connectivity index (χ0) is 97.9. The Morgan fingerprint density at radius 3 is 1.23 bits per heavy atom. The number of nitrogen functional groups attached to an aromatic ring is 4. The molecule has 4 aromatic heterocycles. The number of amides is 4. The van der Waals surface area contributed by atoms with Gasteiger partial charge in [0.1, 0.15) is 81.0 Å².